The minimum Gasteiger partial charge on any atom is -0.493 e. The molecule has 3 aromatic rings. The summed E-state index contributed by atoms with van der Waals surface area (Å²) >= 11 is 5.97. The number of ether oxygens (including phenoxy) is 2. The van der Waals surface area contributed by atoms with Gasteiger partial charge in [0.25, 0.3) is 5.91 Å². The number of nitriles is 1. The topological polar surface area (TPSA) is 71.4 Å². The quantitative estimate of drug-likeness (QED) is 0.204. The number of nitrogens with zero attached hydrogens (tertiary/aromatic N) is 1. The molecule has 0 saturated carbocycles. The maximum Gasteiger partial charge on any atom is 0.266 e. The minimum absolute atomic E-state index is 0.0210. The number of halogens is 1. The number of anilines is 1. The molecule has 0 radical (unpaired) electrons. The lowest BCUT2D eigenvalue weighted by atomic mass is 10.0. The van der Waals surface area contributed by atoms with Gasteiger partial charge in [0.1, 0.15) is 18.2 Å². The van der Waals surface area contributed by atoms with E-state index in [1.807, 2.05) is 68.4 Å². The van der Waals surface area contributed by atoms with E-state index < -0.39 is 5.91 Å². The van der Waals surface area contributed by atoms with Gasteiger partial charge in [0.15, 0.2) is 11.5 Å². The molecule has 0 saturated heterocycles. The van der Waals surface area contributed by atoms with Crippen molar-refractivity contribution in [2.45, 2.75) is 26.9 Å². The maximum atomic E-state index is 12.8. The summed E-state index contributed by atoms with van der Waals surface area (Å²) in [4.78, 5) is 12.8. The molecule has 6 heteroatoms. The van der Waals surface area contributed by atoms with Crippen molar-refractivity contribution in [3.63, 3.8) is 0 Å². The van der Waals surface area contributed by atoms with E-state index in [9.17, 15) is 10.1 Å². The minimum atomic E-state index is -0.478. The Kier molecular flexibility index (Phi) is 8.72. The zero-order valence-electron chi connectivity index (χ0n) is 20.0. The molecule has 0 heterocycles. The van der Waals surface area contributed by atoms with Crippen LogP contribution in [0.1, 0.15) is 27.8 Å². The molecule has 35 heavy (non-hydrogen) atoms. The van der Waals surface area contributed by atoms with Crippen LogP contribution in [0.25, 0.3) is 6.08 Å². The Labute approximate surface area is 211 Å². The fourth-order valence-corrected chi connectivity index (χ4v) is 3.64. The first kappa shape index (κ1) is 25.6. The van der Waals surface area contributed by atoms with E-state index in [4.69, 9.17) is 21.1 Å². The van der Waals surface area contributed by atoms with E-state index in [1.54, 1.807) is 25.3 Å². The van der Waals surface area contributed by atoms with Crippen LogP contribution in [0.4, 0.5) is 5.69 Å². The van der Waals surface area contributed by atoms with Crippen LogP contribution in [-0.2, 0) is 17.8 Å². The molecule has 0 bridgehead atoms. The van der Waals surface area contributed by atoms with E-state index in [0.717, 1.165) is 22.3 Å². The molecule has 0 spiro atoms. The van der Waals surface area contributed by atoms with Crippen LogP contribution in [0.15, 0.2) is 72.8 Å². The molecule has 0 aliphatic carbocycles. The van der Waals surface area contributed by atoms with Crippen molar-refractivity contribution in [3.8, 4) is 17.6 Å². The zero-order valence-corrected chi connectivity index (χ0v) is 20.8. The summed E-state index contributed by atoms with van der Waals surface area (Å²) in [6.07, 6.45) is 3.82. The smallest absolute Gasteiger partial charge is 0.266 e. The normalized spacial score (nSPS) is 10.9. The molecule has 0 aliphatic heterocycles. The SMILES string of the molecule is C=CCc1cc(/C=C(\C#N)C(=O)Nc2cccc(C)c2C)cc(OC)c1OCc1ccc(Cl)cc1. The first-order valence-corrected chi connectivity index (χ1v) is 11.4. The van der Waals surface area contributed by atoms with Gasteiger partial charge < -0.3 is 14.8 Å². The number of hydrogen-bond acceptors (Lipinski definition) is 4. The number of benzene rings is 3. The highest BCUT2D eigenvalue weighted by atomic mass is 35.5. The predicted molar refractivity (Wildman–Crippen MR) is 141 cm³/mol. The number of carbonyl (C=O) groups is 1. The van der Waals surface area contributed by atoms with Crippen molar-refractivity contribution < 1.29 is 14.3 Å². The van der Waals surface area contributed by atoms with Gasteiger partial charge in [-0.15, -0.1) is 6.58 Å². The van der Waals surface area contributed by atoms with Gasteiger partial charge in [0, 0.05) is 16.3 Å². The summed E-state index contributed by atoms with van der Waals surface area (Å²) in [6.45, 7) is 8.06. The van der Waals surface area contributed by atoms with E-state index in [2.05, 4.69) is 11.9 Å². The third-order valence-electron chi connectivity index (χ3n) is 5.56. The van der Waals surface area contributed by atoms with Crippen LogP contribution in [0.5, 0.6) is 11.5 Å². The van der Waals surface area contributed by atoms with Gasteiger partial charge in [0.2, 0.25) is 0 Å². The molecular weight excluding hydrogens is 460 g/mol. The lowest BCUT2D eigenvalue weighted by Gasteiger charge is -2.16. The number of methoxy groups -OCH3 is 1. The summed E-state index contributed by atoms with van der Waals surface area (Å²) < 4.78 is 11.7. The van der Waals surface area contributed by atoms with Gasteiger partial charge in [-0.05, 0) is 78.9 Å². The van der Waals surface area contributed by atoms with E-state index in [1.165, 1.54) is 0 Å². The van der Waals surface area contributed by atoms with Gasteiger partial charge in [0.05, 0.1) is 7.11 Å². The Balaban J connectivity index is 1.91. The van der Waals surface area contributed by atoms with Crippen molar-refractivity contribution >= 4 is 29.3 Å². The van der Waals surface area contributed by atoms with Crippen molar-refractivity contribution in [1.29, 1.82) is 5.26 Å². The lowest BCUT2D eigenvalue weighted by molar-refractivity contribution is -0.112. The number of hydrogen-bond donors (Lipinski definition) is 1. The van der Waals surface area contributed by atoms with E-state index >= 15 is 0 Å². The van der Waals surface area contributed by atoms with Crippen LogP contribution >= 0.6 is 11.6 Å². The number of nitrogens with one attached hydrogen (secondary N) is 1. The molecule has 0 atom stereocenters. The molecule has 178 valence electrons. The molecule has 3 aromatic carbocycles. The Morgan fingerprint density at radius 1 is 1.17 bits per heavy atom. The average molecular weight is 487 g/mol. The van der Waals surface area contributed by atoms with Crippen LogP contribution in [0.2, 0.25) is 5.02 Å². The second-order valence-corrected chi connectivity index (χ2v) is 8.43. The monoisotopic (exact) mass is 486 g/mol. The van der Waals surface area contributed by atoms with E-state index in [-0.39, 0.29) is 5.57 Å². The highest BCUT2D eigenvalue weighted by Gasteiger charge is 2.16. The van der Waals surface area contributed by atoms with Gasteiger partial charge in [-0.1, -0.05) is 41.9 Å². The van der Waals surface area contributed by atoms with Crippen molar-refractivity contribution in [3.05, 3.63) is 106 Å². The number of allylic oxidation sites excluding steroid dienone is 1. The summed E-state index contributed by atoms with van der Waals surface area (Å²) in [5.41, 5.74) is 5.09. The Morgan fingerprint density at radius 2 is 1.91 bits per heavy atom. The first-order chi connectivity index (χ1) is 16.9. The molecular formula is C29H27ClN2O3. The molecule has 0 aromatic heterocycles. The van der Waals surface area contributed by atoms with E-state index in [0.29, 0.717) is 40.8 Å². The molecule has 0 unspecified atom stereocenters. The third kappa shape index (κ3) is 6.53. The second-order valence-electron chi connectivity index (χ2n) is 7.99. The molecule has 1 amide bonds. The summed E-state index contributed by atoms with van der Waals surface area (Å²) in [5.74, 6) is 0.600. The maximum absolute atomic E-state index is 12.8. The first-order valence-electron chi connectivity index (χ1n) is 11.0. The number of aryl methyl sites for hydroxylation is 1. The number of rotatable bonds is 9. The molecule has 1 N–H and O–H groups in total. The number of carbonyl (C=O) groups excluding carboxylic acids is 1. The fraction of sp³-hybridized carbons (Fsp3) is 0.172. The second kappa shape index (κ2) is 11.9. The third-order valence-corrected chi connectivity index (χ3v) is 5.82. The predicted octanol–water partition coefficient (Wildman–Crippen LogP) is 6.82. The molecule has 5 nitrogen and oxygen atoms in total. The Hall–Kier alpha value is -4.01. The summed E-state index contributed by atoms with van der Waals surface area (Å²) in [7, 11) is 1.55. The van der Waals surface area contributed by atoms with Crippen molar-refractivity contribution in [2.75, 3.05) is 12.4 Å². The van der Waals surface area contributed by atoms with Gasteiger partial charge in [-0.2, -0.15) is 5.26 Å². The Morgan fingerprint density at radius 3 is 2.57 bits per heavy atom. The summed E-state index contributed by atoms with van der Waals surface area (Å²) in [6, 6.07) is 18.7. The number of amides is 1. The zero-order chi connectivity index (χ0) is 25.4. The van der Waals surface area contributed by atoms with Crippen LogP contribution in [0, 0.1) is 25.2 Å². The molecule has 0 fully saturated rings. The molecule has 0 aliphatic rings. The fourth-order valence-electron chi connectivity index (χ4n) is 3.52. The van der Waals surface area contributed by atoms with Gasteiger partial charge in [-0.3, -0.25) is 4.79 Å². The highest BCUT2D eigenvalue weighted by molar-refractivity contribution is 6.30. The highest BCUT2D eigenvalue weighted by Crippen LogP contribution is 2.35. The Bertz CT molecular complexity index is 1300. The molecule has 3 rings (SSSR count). The summed E-state index contributed by atoms with van der Waals surface area (Å²) in [5, 5.41) is 13.2. The van der Waals surface area contributed by atoms with Gasteiger partial charge >= 0.3 is 0 Å². The van der Waals surface area contributed by atoms with Crippen LogP contribution in [0.3, 0.4) is 0 Å². The average Bonchev–Trinajstić information content (AvgIpc) is 2.85. The largest absolute Gasteiger partial charge is 0.493 e. The van der Waals surface area contributed by atoms with Gasteiger partial charge in [-0.25, -0.2) is 0 Å². The van der Waals surface area contributed by atoms with Crippen molar-refractivity contribution in [2.24, 2.45) is 0 Å². The standard InChI is InChI=1S/C29H27ClN2O3/c1-5-7-23-14-22(15-24(17-31)29(33)32-26-9-6-8-19(2)20(26)3)16-27(34-4)28(23)35-18-21-10-12-25(30)13-11-21/h5-6,8-16H,1,7,18H2,2-4H3,(H,32,33)/b24-15+. The van der Waals surface area contributed by atoms with Crippen LogP contribution in [-0.4, -0.2) is 13.0 Å². The van der Waals surface area contributed by atoms with Crippen molar-refractivity contribution in [1.82, 2.24) is 0 Å². The van der Waals surface area contributed by atoms with Crippen LogP contribution < -0.4 is 14.8 Å². The lowest BCUT2D eigenvalue weighted by Crippen LogP contribution is -2.14.